The molecule has 0 amide bonds. The third-order valence-electron chi connectivity index (χ3n) is 6.56. The molecule has 0 saturated carbocycles. The Morgan fingerprint density at radius 1 is 0.861 bits per heavy atom. The van der Waals surface area contributed by atoms with Crippen molar-refractivity contribution in [3.05, 3.63) is 48.6 Å². The highest BCUT2D eigenvalue weighted by Crippen LogP contribution is 2.39. The van der Waals surface area contributed by atoms with Crippen LogP contribution in [0.5, 0.6) is 0 Å². The predicted octanol–water partition coefficient (Wildman–Crippen LogP) is 5.91. The summed E-state index contributed by atoms with van der Waals surface area (Å²) >= 11 is 0. The van der Waals surface area contributed by atoms with Gasteiger partial charge in [0, 0.05) is 26.1 Å². The molecule has 0 unspecified atom stereocenters. The Labute approximate surface area is 223 Å². The molecule has 6 nitrogen and oxygen atoms in total. The van der Waals surface area contributed by atoms with Crippen LogP contribution in [0.25, 0.3) is 0 Å². The Morgan fingerprint density at radius 2 is 1.25 bits per heavy atom. The second-order valence-electron chi connectivity index (χ2n) is 10.8. The van der Waals surface area contributed by atoms with Gasteiger partial charge in [-0.05, 0) is 32.0 Å². The van der Waals surface area contributed by atoms with Crippen LogP contribution in [0.3, 0.4) is 0 Å². The van der Waals surface area contributed by atoms with Crippen molar-refractivity contribution in [2.24, 2.45) is 11.8 Å². The summed E-state index contributed by atoms with van der Waals surface area (Å²) < 4.78 is 17.2. The fourth-order valence-corrected chi connectivity index (χ4v) is 4.61. The molecule has 0 heterocycles. The molecule has 0 fully saturated rings. The van der Waals surface area contributed by atoms with E-state index in [2.05, 4.69) is 60.0 Å². The van der Waals surface area contributed by atoms with Crippen LogP contribution >= 0.6 is 0 Å². The van der Waals surface area contributed by atoms with Crippen molar-refractivity contribution in [1.82, 2.24) is 0 Å². The molecule has 0 aromatic rings. The van der Waals surface area contributed by atoms with Gasteiger partial charge in [0.05, 0.1) is 25.4 Å². The summed E-state index contributed by atoms with van der Waals surface area (Å²) in [5.74, 6) is 0.0827. The zero-order valence-corrected chi connectivity index (χ0v) is 25.2. The van der Waals surface area contributed by atoms with Gasteiger partial charge in [0.1, 0.15) is 12.2 Å². The molecule has 214 valence electrons. The molecular formula is C29H58O6Si. The third kappa shape index (κ3) is 14.0. The molecular weight excluding hydrogens is 472 g/mol. The SMILES string of the molecule is C.C=C[C@H](OC)[C@@H](O)[C@H](C)/C=C(/C)CO.C=C[C@H](OC)[C@@H](O[Si](C)(C)C(C)(C)C)[C@H](C)/C=C(/C)CO. The number of rotatable bonds is 14. The summed E-state index contributed by atoms with van der Waals surface area (Å²) in [6, 6.07) is 0. The van der Waals surface area contributed by atoms with Gasteiger partial charge in [-0.1, -0.05) is 77.5 Å². The second-order valence-corrected chi connectivity index (χ2v) is 15.5. The highest BCUT2D eigenvalue weighted by atomic mass is 28.4. The van der Waals surface area contributed by atoms with E-state index >= 15 is 0 Å². The molecule has 3 N–H and O–H groups in total. The van der Waals surface area contributed by atoms with E-state index in [0.717, 1.165) is 11.1 Å². The van der Waals surface area contributed by atoms with E-state index in [1.54, 1.807) is 19.3 Å². The van der Waals surface area contributed by atoms with Crippen molar-refractivity contribution in [3.8, 4) is 0 Å². The van der Waals surface area contributed by atoms with Crippen LogP contribution in [0.1, 0.15) is 55.9 Å². The first kappa shape index (κ1) is 39.4. The topological polar surface area (TPSA) is 88.4 Å². The van der Waals surface area contributed by atoms with Crippen molar-refractivity contribution in [1.29, 1.82) is 0 Å². The number of aliphatic hydroxyl groups is 3. The van der Waals surface area contributed by atoms with E-state index in [1.807, 2.05) is 26.8 Å². The van der Waals surface area contributed by atoms with E-state index in [1.165, 1.54) is 7.11 Å². The highest BCUT2D eigenvalue weighted by Gasteiger charge is 2.41. The van der Waals surface area contributed by atoms with E-state index in [-0.39, 0.29) is 55.8 Å². The normalized spacial score (nSPS) is 17.9. The van der Waals surface area contributed by atoms with E-state index in [9.17, 15) is 10.2 Å². The Morgan fingerprint density at radius 3 is 1.56 bits per heavy atom. The Bertz CT molecular complexity index is 665. The molecule has 6 atom stereocenters. The summed E-state index contributed by atoms with van der Waals surface area (Å²) in [4.78, 5) is 0. The number of methoxy groups -OCH3 is 2. The maximum Gasteiger partial charge on any atom is 0.192 e. The molecule has 7 heteroatoms. The largest absolute Gasteiger partial charge is 0.410 e. The smallest absolute Gasteiger partial charge is 0.192 e. The van der Waals surface area contributed by atoms with Crippen molar-refractivity contribution in [3.63, 3.8) is 0 Å². The van der Waals surface area contributed by atoms with E-state index in [0.29, 0.717) is 0 Å². The van der Waals surface area contributed by atoms with Crippen LogP contribution in [0.2, 0.25) is 18.1 Å². The number of ether oxygens (including phenoxy) is 2. The van der Waals surface area contributed by atoms with Gasteiger partial charge in [0.25, 0.3) is 0 Å². The first-order chi connectivity index (χ1) is 16.1. The Balaban J connectivity index is -0.000000635. The lowest BCUT2D eigenvalue weighted by Gasteiger charge is -2.42. The Hall–Kier alpha value is -1.06. The lowest BCUT2D eigenvalue weighted by Crippen LogP contribution is -2.49. The van der Waals surface area contributed by atoms with Crippen molar-refractivity contribution < 1.29 is 29.2 Å². The standard InChI is InChI=1S/C17H34O3Si.C11H20O3.CH4/c1-10-15(19-7)16(14(3)11-13(2)12-18)20-21(8,9)17(4,5)6;1-5-10(14-4)11(13)9(3)6-8(2)7-12;/h10-11,14-16,18H,1,12H2,2-9H3;5-6,9-13H,1,7H2,2-4H3;1H4/b13-11-;8-6-;/t14-,15+,16+;9-,10+,11+;/m11./s1. The predicted molar refractivity (Wildman–Crippen MR) is 157 cm³/mol. The number of hydrogen-bond acceptors (Lipinski definition) is 6. The minimum atomic E-state index is -1.91. The van der Waals surface area contributed by atoms with Crippen LogP contribution in [0.15, 0.2) is 48.6 Å². The third-order valence-corrected chi connectivity index (χ3v) is 11.0. The molecule has 0 spiro atoms. The van der Waals surface area contributed by atoms with Gasteiger partial charge in [-0.25, -0.2) is 0 Å². The number of aliphatic hydroxyl groups excluding tert-OH is 3. The lowest BCUT2D eigenvalue weighted by atomic mass is 9.97. The van der Waals surface area contributed by atoms with E-state index < -0.39 is 14.4 Å². The summed E-state index contributed by atoms with van der Waals surface area (Å²) in [6.45, 7) is 26.4. The van der Waals surface area contributed by atoms with Crippen LogP contribution in [-0.4, -0.2) is 75.5 Å². The minimum absolute atomic E-state index is 0. The van der Waals surface area contributed by atoms with Gasteiger partial charge in [-0.2, -0.15) is 0 Å². The zero-order chi connectivity index (χ0) is 28.0. The molecule has 36 heavy (non-hydrogen) atoms. The van der Waals surface area contributed by atoms with Crippen molar-refractivity contribution in [2.75, 3.05) is 27.4 Å². The van der Waals surface area contributed by atoms with Gasteiger partial charge >= 0.3 is 0 Å². The first-order valence-corrected chi connectivity index (χ1v) is 15.2. The molecule has 0 aromatic carbocycles. The maximum absolute atomic E-state index is 9.80. The summed E-state index contributed by atoms with van der Waals surface area (Å²) in [7, 11) is 1.31. The highest BCUT2D eigenvalue weighted by molar-refractivity contribution is 6.74. The summed E-state index contributed by atoms with van der Waals surface area (Å²) in [5.41, 5.74) is 1.79. The average Bonchev–Trinajstić information content (AvgIpc) is 2.79. The van der Waals surface area contributed by atoms with Gasteiger partial charge in [0.2, 0.25) is 0 Å². The summed E-state index contributed by atoms with van der Waals surface area (Å²) in [5, 5.41) is 28.0. The van der Waals surface area contributed by atoms with Gasteiger partial charge in [0.15, 0.2) is 8.32 Å². The maximum atomic E-state index is 9.80. The van der Waals surface area contributed by atoms with Crippen LogP contribution in [-0.2, 0) is 13.9 Å². The molecule has 0 radical (unpaired) electrons. The van der Waals surface area contributed by atoms with Gasteiger partial charge < -0.3 is 29.2 Å². The van der Waals surface area contributed by atoms with Crippen LogP contribution in [0, 0.1) is 11.8 Å². The summed E-state index contributed by atoms with van der Waals surface area (Å²) in [6.07, 6.45) is 6.03. The zero-order valence-electron chi connectivity index (χ0n) is 24.2. The Kier molecular flexibility index (Phi) is 20.9. The van der Waals surface area contributed by atoms with Crippen LogP contribution < -0.4 is 0 Å². The average molecular weight is 531 g/mol. The fourth-order valence-electron chi connectivity index (χ4n) is 3.23. The quantitative estimate of drug-likeness (QED) is 0.191. The van der Waals surface area contributed by atoms with Gasteiger partial charge in [-0.3, -0.25) is 0 Å². The second kappa shape index (κ2) is 19.1. The lowest BCUT2D eigenvalue weighted by molar-refractivity contribution is -0.00161. The van der Waals surface area contributed by atoms with Crippen molar-refractivity contribution in [2.45, 2.75) is 98.4 Å². The molecule has 0 rings (SSSR count). The minimum Gasteiger partial charge on any atom is -0.410 e. The molecule has 0 bridgehead atoms. The monoisotopic (exact) mass is 530 g/mol. The molecule has 0 aliphatic rings. The molecule has 0 aliphatic heterocycles. The molecule has 0 aromatic heterocycles. The van der Waals surface area contributed by atoms with Crippen LogP contribution in [0.4, 0.5) is 0 Å². The number of hydrogen-bond donors (Lipinski definition) is 3. The van der Waals surface area contributed by atoms with Crippen molar-refractivity contribution >= 4 is 8.32 Å². The van der Waals surface area contributed by atoms with E-state index in [4.69, 9.17) is 19.0 Å². The molecule has 0 aliphatic carbocycles. The fraction of sp³-hybridized carbons (Fsp3) is 0.724. The molecule has 0 saturated heterocycles. The first-order valence-electron chi connectivity index (χ1n) is 12.3. The van der Waals surface area contributed by atoms with Gasteiger partial charge in [-0.15, -0.1) is 13.2 Å².